The zero-order valence-electron chi connectivity index (χ0n) is 14.6. The van der Waals surface area contributed by atoms with Gasteiger partial charge in [0, 0.05) is 31.7 Å². The average Bonchev–Trinajstić information content (AvgIpc) is 2.61. The van der Waals surface area contributed by atoms with Crippen LogP contribution in [0.5, 0.6) is 0 Å². The highest BCUT2D eigenvalue weighted by Gasteiger charge is 2.38. The highest BCUT2D eigenvalue weighted by Crippen LogP contribution is 2.22. The molecule has 1 heterocycles. The van der Waals surface area contributed by atoms with E-state index in [9.17, 15) is 14.0 Å². The number of anilines is 1. The second-order valence-electron chi connectivity index (χ2n) is 6.42. The van der Waals surface area contributed by atoms with Gasteiger partial charge in [-0.2, -0.15) is 0 Å². The molecule has 5 nitrogen and oxygen atoms in total. The van der Waals surface area contributed by atoms with E-state index in [0.717, 1.165) is 5.56 Å². The summed E-state index contributed by atoms with van der Waals surface area (Å²) in [4.78, 5) is 30.6. The lowest BCUT2D eigenvalue weighted by Gasteiger charge is -2.28. The number of amides is 2. The summed E-state index contributed by atoms with van der Waals surface area (Å²) < 4.78 is 12.9. The van der Waals surface area contributed by atoms with Gasteiger partial charge in [0.05, 0.1) is 0 Å². The summed E-state index contributed by atoms with van der Waals surface area (Å²) in [6, 6.07) is 9.22. The first kappa shape index (κ1) is 18.6. The molecule has 25 heavy (non-hydrogen) atoms. The Kier molecular flexibility index (Phi) is 5.85. The van der Waals surface area contributed by atoms with E-state index in [0.29, 0.717) is 18.7 Å². The van der Waals surface area contributed by atoms with Gasteiger partial charge in [-0.25, -0.2) is 4.39 Å². The minimum atomic E-state index is -1.23. The number of aromatic nitrogens is 1. The van der Waals surface area contributed by atoms with Crippen LogP contribution in [0.4, 0.5) is 10.1 Å². The van der Waals surface area contributed by atoms with Crippen LogP contribution in [0.25, 0.3) is 0 Å². The first-order chi connectivity index (χ1) is 11.8. The molecule has 0 aliphatic carbocycles. The van der Waals surface area contributed by atoms with E-state index in [1.165, 1.54) is 24.3 Å². The Balaban J connectivity index is 1.97. The minimum absolute atomic E-state index is 0.277. The van der Waals surface area contributed by atoms with E-state index in [1.807, 2.05) is 12.1 Å². The highest BCUT2D eigenvalue weighted by atomic mass is 19.1. The molecule has 0 aliphatic heterocycles. The van der Waals surface area contributed by atoms with Crippen molar-refractivity contribution >= 4 is 17.5 Å². The number of benzene rings is 1. The van der Waals surface area contributed by atoms with Crippen LogP contribution in [0.2, 0.25) is 0 Å². The van der Waals surface area contributed by atoms with Gasteiger partial charge < -0.3 is 10.2 Å². The van der Waals surface area contributed by atoms with E-state index in [4.69, 9.17) is 0 Å². The van der Waals surface area contributed by atoms with Crippen molar-refractivity contribution in [3.8, 4) is 0 Å². The second kappa shape index (κ2) is 7.88. The third-order valence-corrected chi connectivity index (χ3v) is 4.04. The van der Waals surface area contributed by atoms with Crippen LogP contribution < -0.4 is 5.32 Å². The van der Waals surface area contributed by atoms with Crippen molar-refractivity contribution < 1.29 is 14.0 Å². The number of pyridine rings is 1. The van der Waals surface area contributed by atoms with E-state index in [1.54, 1.807) is 38.2 Å². The fourth-order valence-electron chi connectivity index (χ4n) is 2.34. The zero-order chi connectivity index (χ0) is 18.4. The van der Waals surface area contributed by atoms with Crippen molar-refractivity contribution in [1.82, 2.24) is 9.88 Å². The zero-order valence-corrected chi connectivity index (χ0v) is 14.6. The first-order valence-corrected chi connectivity index (χ1v) is 8.02. The van der Waals surface area contributed by atoms with Crippen LogP contribution in [0.3, 0.4) is 0 Å². The largest absolute Gasteiger partial charge is 0.345 e. The van der Waals surface area contributed by atoms with Gasteiger partial charge >= 0.3 is 0 Å². The van der Waals surface area contributed by atoms with Crippen molar-refractivity contribution in [2.24, 2.45) is 5.41 Å². The van der Waals surface area contributed by atoms with Gasteiger partial charge in [-0.15, -0.1) is 0 Å². The molecule has 0 unspecified atom stereocenters. The summed E-state index contributed by atoms with van der Waals surface area (Å²) in [5.41, 5.74) is 0.288. The molecular weight excluding hydrogens is 321 g/mol. The summed E-state index contributed by atoms with van der Waals surface area (Å²) in [6.07, 6.45) is 4.09. The highest BCUT2D eigenvalue weighted by molar-refractivity contribution is 6.09. The van der Waals surface area contributed by atoms with Crippen molar-refractivity contribution in [3.05, 3.63) is 60.2 Å². The molecule has 0 bridgehead atoms. The Hall–Kier alpha value is -2.76. The van der Waals surface area contributed by atoms with Gasteiger partial charge in [0.2, 0.25) is 11.8 Å². The van der Waals surface area contributed by atoms with Gasteiger partial charge in [0.1, 0.15) is 11.2 Å². The van der Waals surface area contributed by atoms with Crippen molar-refractivity contribution in [1.29, 1.82) is 0 Å². The molecular formula is C19H22FN3O2. The summed E-state index contributed by atoms with van der Waals surface area (Å²) in [5, 5.41) is 2.66. The Labute approximate surface area is 146 Å². The van der Waals surface area contributed by atoms with Gasteiger partial charge in [0.25, 0.3) is 0 Å². The molecule has 6 heteroatoms. The van der Waals surface area contributed by atoms with Crippen LogP contribution in [0, 0.1) is 11.2 Å². The molecule has 0 saturated heterocycles. The Bertz CT molecular complexity index is 730. The van der Waals surface area contributed by atoms with Gasteiger partial charge in [-0.3, -0.25) is 14.6 Å². The number of carbonyl (C=O) groups excluding carboxylic acids is 2. The van der Waals surface area contributed by atoms with Gasteiger partial charge in [0.15, 0.2) is 0 Å². The second-order valence-corrected chi connectivity index (χ2v) is 6.42. The predicted molar refractivity (Wildman–Crippen MR) is 94.4 cm³/mol. The molecule has 2 aromatic rings. The van der Waals surface area contributed by atoms with Crippen LogP contribution >= 0.6 is 0 Å². The predicted octanol–water partition coefficient (Wildman–Crippen LogP) is 2.89. The molecule has 132 valence electrons. The Morgan fingerprint density at radius 1 is 1.12 bits per heavy atom. The molecule has 0 saturated carbocycles. The fourth-order valence-corrected chi connectivity index (χ4v) is 2.34. The molecule has 0 radical (unpaired) electrons. The number of nitrogens with one attached hydrogen (secondary N) is 1. The number of halogens is 1. The molecule has 0 fully saturated rings. The maximum Gasteiger partial charge on any atom is 0.239 e. The molecule has 1 aromatic heterocycles. The number of hydrogen-bond acceptors (Lipinski definition) is 3. The van der Waals surface area contributed by atoms with Gasteiger partial charge in [-0.05, 0) is 62.2 Å². The number of nitrogens with zero attached hydrogens (tertiary/aromatic N) is 2. The number of hydrogen-bond donors (Lipinski definition) is 1. The maximum absolute atomic E-state index is 12.9. The average molecular weight is 343 g/mol. The van der Waals surface area contributed by atoms with Crippen LogP contribution in [0.15, 0.2) is 48.8 Å². The van der Waals surface area contributed by atoms with Crippen molar-refractivity contribution in [2.75, 3.05) is 18.9 Å². The van der Waals surface area contributed by atoms with Gasteiger partial charge in [-0.1, -0.05) is 0 Å². The maximum atomic E-state index is 12.9. The molecule has 2 amide bonds. The van der Waals surface area contributed by atoms with E-state index >= 15 is 0 Å². The third kappa shape index (κ3) is 4.86. The third-order valence-electron chi connectivity index (χ3n) is 4.04. The van der Waals surface area contributed by atoms with Crippen LogP contribution in [-0.4, -0.2) is 35.3 Å². The molecule has 2 rings (SSSR count). The molecule has 0 aliphatic rings. The van der Waals surface area contributed by atoms with Crippen LogP contribution in [-0.2, 0) is 16.0 Å². The lowest BCUT2D eigenvalue weighted by molar-refractivity contribution is -0.145. The lowest BCUT2D eigenvalue weighted by atomic mass is 9.90. The van der Waals surface area contributed by atoms with Crippen molar-refractivity contribution in [2.45, 2.75) is 20.3 Å². The summed E-state index contributed by atoms with van der Waals surface area (Å²) in [7, 11) is 1.68. The topological polar surface area (TPSA) is 62.3 Å². The molecule has 0 atom stereocenters. The monoisotopic (exact) mass is 343 g/mol. The summed E-state index contributed by atoms with van der Waals surface area (Å²) in [6.45, 7) is 3.66. The summed E-state index contributed by atoms with van der Waals surface area (Å²) in [5.74, 6) is -1.09. The van der Waals surface area contributed by atoms with Crippen molar-refractivity contribution in [3.63, 3.8) is 0 Å². The smallest absolute Gasteiger partial charge is 0.239 e. The molecule has 0 spiro atoms. The number of carbonyl (C=O) groups is 2. The lowest BCUT2D eigenvalue weighted by Crippen LogP contribution is -2.46. The molecule has 1 N–H and O–H groups in total. The first-order valence-electron chi connectivity index (χ1n) is 8.02. The quantitative estimate of drug-likeness (QED) is 0.821. The van der Waals surface area contributed by atoms with E-state index in [-0.39, 0.29) is 11.7 Å². The van der Waals surface area contributed by atoms with Crippen LogP contribution in [0.1, 0.15) is 19.4 Å². The fraction of sp³-hybridized carbons (Fsp3) is 0.316. The Morgan fingerprint density at radius 3 is 2.32 bits per heavy atom. The number of likely N-dealkylation sites (N-methyl/N-ethyl adjacent to an activating group) is 1. The van der Waals surface area contributed by atoms with E-state index in [2.05, 4.69) is 10.3 Å². The Morgan fingerprint density at radius 2 is 1.72 bits per heavy atom. The number of rotatable bonds is 6. The molecule has 1 aromatic carbocycles. The summed E-state index contributed by atoms with van der Waals surface area (Å²) >= 11 is 0. The standard InChI is InChI=1S/C19H22FN3O2/c1-19(2,17(24)22-16-6-4-15(20)5-7-16)18(25)23(3)13-10-14-8-11-21-12-9-14/h4-9,11-12H,10,13H2,1-3H3,(H,22,24). The van der Waals surface area contributed by atoms with E-state index < -0.39 is 11.3 Å². The normalized spacial score (nSPS) is 11.0. The minimum Gasteiger partial charge on any atom is -0.345 e. The SMILES string of the molecule is CN(CCc1ccncc1)C(=O)C(C)(C)C(=O)Nc1ccc(F)cc1.